The van der Waals surface area contributed by atoms with Crippen LogP contribution >= 0.6 is 11.3 Å². The first-order valence-electron chi connectivity index (χ1n) is 6.31. The molecule has 0 radical (unpaired) electrons. The van der Waals surface area contributed by atoms with Gasteiger partial charge in [-0.25, -0.2) is 10.9 Å². The van der Waals surface area contributed by atoms with E-state index in [1.807, 2.05) is 31.4 Å². The minimum atomic E-state index is -0.423. The molecule has 2 N–H and O–H groups in total. The summed E-state index contributed by atoms with van der Waals surface area (Å²) in [7, 11) is 0. The Bertz CT molecular complexity index is 582. The summed E-state index contributed by atoms with van der Waals surface area (Å²) < 4.78 is 0. The highest BCUT2D eigenvalue weighted by Gasteiger charge is 2.46. The molecular formula is C13H14N4O2S. The van der Waals surface area contributed by atoms with Gasteiger partial charge in [-0.05, 0) is 25.3 Å². The summed E-state index contributed by atoms with van der Waals surface area (Å²) in [5, 5.41) is 9.95. The average molecular weight is 290 g/mol. The zero-order valence-electron chi connectivity index (χ0n) is 11.1. The summed E-state index contributed by atoms with van der Waals surface area (Å²) in [5.74, 6) is -1.42. The topological polar surface area (TPSA) is 82.9 Å². The number of hydrogen-bond donors (Lipinski definition) is 2. The normalized spacial score (nSPS) is 26.9. The Kier molecular flexibility index (Phi) is 3.13. The predicted octanol–water partition coefficient (Wildman–Crippen LogP) is 1.08. The van der Waals surface area contributed by atoms with Gasteiger partial charge in [0.05, 0.1) is 11.8 Å². The van der Waals surface area contributed by atoms with Gasteiger partial charge < -0.3 is 0 Å². The first kappa shape index (κ1) is 13.0. The third-order valence-electron chi connectivity index (χ3n) is 3.74. The molecule has 0 fully saturated rings. The van der Waals surface area contributed by atoms with Crippen LogP contribution in [0.4, 0.5) is 0 Å². The fraction of sp³-hybridized carbons (Fsp3) is 0.385. The molecule has 20 heavy (non-hydrogen) atoms. The van der Waals surface area contributed by atoms with E-state index in [9.17, 15) is 9.59 Å². The molecule has 0 aliphatic carbocycles. The number of nitrogens with one attached hydrogen (secondary N) is 2. The fourth-order valence-corrected chi connectivity index (χ4v) is 3.69. The van der Waals surface area contributed by atoms with E-state index in [0.29, 0.717) is 11.4 Å². The minimum Gasteiger partial charge on any atom is -0.272 e. The first-order valence-corrected chi connectivity index (χ1v) is 7.19. The Morgan fingerprint density at radius 2 is 1.65 bits per heavy atom. The third kappa shape index (κ3) is 1.94. The van der Waals surface area contributed by atoms with Gasteiger partial charge >= 0.3 is 0 Å². The van der Waals surface area contributed by atoms with Crippen molar-refractivity contribution in [1.29, 1.82) is 0 Å². The van der Waals surface area contributed by atoms with Crippen LogP contribution in [0.3, 0.4) is 0 Å². The zero-order valence-corrected chi connectivity index (χ0v) is 11.9. The molecule has 0 aromatic carbocycles. The van der Waals surface area contributed by atoms with Crippen LogP contribution in [0.5, 0.6) is 0 Å². The average Bonchev–Trinajstić information content (AvgIpc) is 3.11. The molecule has 2 unspecified atom stereocenters. The molecule has 0 spiro atoms. The van der Waals surface area contributed by atoms with Crippen LogP contribution in [-0.4, -0.2) is 23.2 Å². The maximum Gasteiger partial charge on any atom is 0.249 e. The van der Waals surface area contributed by atoms with E-state index in [1.165, 1.54) is 0 Å². The summed E-state index contributed by atoms with van der Waals surface area (Å²) in [6, 6.07) is 3.87. The second kappa shape index (κ2) is 4.82. The molecule has 3 heterocycles. The molecule has 7 heteroatoms. The van der Waals surface area contributed by atoms with Crippen LogP contribution in [0.25, 0.3) is 0 Å². The highest BCUT2D eigenvalue weighted by Crippen LogP contribution is 2.39. The minimum absolute atomic E-state index is 0.159. The Morgan fingerprint density at radius 1 is 1.10 bits per heavy atom. The Labute approximate surface area is 119 Å². The van der Waals surface area contributed by atoms with Crippen LogP contribution in [0.1, 0.15) is 24.6 Å². The van der Waals surface area contributed by atoms with Gasteiger partial charge in [-0.3, -0.25) is 9.59 Å². The van der Waals surface area contributed by atoms with Crippen molar-refractivity contribution in [3.8, 4) is 0 Å². The first-order chi connectivity index (χ1) is 9.59. The number of carbonyl (C=O) groups is 2. The number of rotatable bonds is 3. The van der Waals surface area contributed by atoms with Crippen LogP contribution in [-0.2, 0) is 9.59 Å². The summed E-state index contributed by atoms with van der Waals surface area (Å²) in [5.41, 5.74) is 6.41. The highest BCUT2D eigenvalue weighted by molar-refractivity contribution is 7.10. The zero-order chi connectivity index (χ0) is 14.3. The van der Waals surface area contributed by atoms with Crippen LogP contribution in [0, 0.1) is 11.8 Å². The van der Waals surface area contributed by atoms with Crippen molar-refractivity contribution >= 4 is 34.6 Å². The van der Waals surface area contributed by atoms with E-state index in [0.717, 1.165) is 4.88 Å². The number of hydrogen-bond acceptors (Lipinski definition) is 5. The highest BCUT2D eigenvalue weighted by atomic mass is 32.1. The molecule has 0 saturated heterocycles. The Morgan fingerprint density at radius 3 is 2.00 bits per heavy atom. The second-order valence-corrected chi connectivity index (χ2v) is 5.93. The number of carbonyl (C=O) groups excluding carboxylic acids is 2. The number of hydrazone groups is 2. The SMILES string of the molecule is CC1=NNC(=O)C1C(c1cccs1)C1C(=O)NN=C1C. The van der Waals surface area contributed by atoms with Crippen molar-refractivity contribution in [1.82, 2.24) is 10.9 Å². The summed E-state index contributed by atoms with van der Waals surface area (Å²) >= 11 is 1.54. The third-order valence-corrected chi connectivity index (χ3v) is 4.71. The van der Waals surface area contributed by atoms with Crippen molar-refractivity contribution in [3.63, 3.8) is 0 Å². The molecule has 2 aliphatic heterocycles. The molecule has 0 bridgehead atoms. The summed E-state index contributed by atoms with van der Waals surface area (Å²) in [6.07, 6.45) is 0. The van der Waals surface area contributed by atoms with Gasteiger partial charge in [-0.15, -0.1) is 11.3 Å². The molecule has 0 saturated carbocycles. The lowest BCUT2D eigenvalue weighted by atomic mass is 9.76. The van der Waals surface area contributed by atoms with E-state index < -0.39 is 11.8 Å². The van der Waals surface area contributed by atoms with Gasteiger partial charge in [0, 0.05) is 22.2 Å². The van der Waals surface area contributed by atoms with Crippen molar-refractivity contribution in [2.45, 2.75) is 19.8 Å². The van der Waals surface area contributed by atoms with E-state index >= 15 is 0 Å². The van der Waals surface area contributed by atoms with E-state index in [2.05, 4.69) is 21.1 Å². The van der Waals surface area contributed by atoms with Crippen molar-refractivity contribution < 1.29 is 9.59 Å². The fourth-order valence-electron chi connectivity index (χ4n) is 2.79. The van der Waals surface area contributed by atoms with E-state index in [-0.39, 0.29) is 17.7 Å². The maximum absolute atomic E-state index is 12.1. The van der Waals surface area contributed by atoms with Gasteiger partial charge in [-0.2, -0.15) is 10.2 Å². The lowest BCUT2D eigenvalue weighted by molar-refractivity contribution is -0.124. The summed E-state index contributed by atoms with van der Waals surface area (Å²) in [6.45, 7) is 3.62. The van der Waals surface area contributed by atoms with Gasteiger partial charge in [0.25, 0.3) is 0 Å². The molecule has 6 nitrogen and oxygen atoms in total. The van der Waals surface area contributed by atoms with Crippen LogP contribution in [0.15, 0.2) is 27.7 Å². The van der Waals surface area contributed by atoms with Crippen LogP contribution in [0.2, 0.25) is 0 Å². The number of thiophene rings is 1. The largest absolute Gasteiger partial charge is 0.272 e. The molecule has 1 aromatic heterocycles. The lowest BCUT2D eigenvalue weighted by Gasteiger charge is -2.25. The molecule has 2 amide bonds. The van der Waals surface area contributed by atoms with Crippen LogP contribution < -0.4 is 10.9 Å². The molecule has 2 atom stereocenters. The molecular weight excluding hydrogens is 276 g/mol. The monoisotopic (exact) mass is 290 g/mol. The Balaban J connectivity index is 2.06. The standard InChI is InChI=1S/C13H14N4O2S/c1-6-9(12(18)16-14-6)11(8-4-3-5-20-8)10-7(2)15-17-13(10)19/h3-5,9-11H,1-2H3,(H,16,18)(H,17,19). The van der Waals surface area contributed by atoms with E-state index in [4.69, 9.17) is 0 Å². The van der Waals surface area contributed by atoms with Crippen molar-refractivity contribution in [2.24, 2.45) is 22.0 Å². The maximum atomic E-state index is 12.1. The van der Waals surface area contributed by atoms with Gasteiger partial charge in [0.1, 0.15) is 0 Å². The molecule has 2 aliphatic rings. The predicted molar refractivity (Wildman–Crippen MR) is 76.5 cm³/mol. The van der Waals surface area contributed by atoms with Gasteiger partial charge in [0.2, 0.25) is 11.8 Å². The van der Waals surface area contributed by atoms with Gasteiger partial charge in [0.15, 0.2) is 0 Å². The quantitative estimate of drug-likeness (QED) is 0.873. The number of nitrogens with zero attached hydrogens (tertiary/aromatic N) is 2. The lowest BCUT2D eigenvalue weighted by Crippen LogP contribution is -2.38. The smallest absolute Gasteiger partial charge is 0.249 e. The summed E-state index contributed by atoms with van der Waals surface area (Å²) in [4.78, 5) is 25.2. The van der Waals surface area contributed by atoms with E-state index in [1.54, 1.807) is 11.3 Å². The second-order valence-electron chi connectivity index (χ2n) is 4.96. The molecule has 3 rings (SSSR count). The van der Waals surface area contributed by atoms with Gasteiger partial charge in [-0.1, -0.05) is 6.07 Å². The van der Waals surface area contributed by atoms with Crippen molar-refractivity contribution in [2.75, 3.05) is 0 Å². The number of amides is 2. The van der Waals surface area contributed by atoms with Crippen molar-refractivity contribution in [3.05, 3.63) is 22.4 Å². The Hall–Kier alpha value is -2.02. The molecule has 1 aromatic rings. The molecule has 104 valence electrons.